The van der Waals surface area contributed by atoms with Crippen molar-refractivity contribution in [2.75, 3.05) is 5.32 Å². The number of nitrogens with one attached hydrogen (secondary N) is 1. The highest BCUT2D eigenvalue weighted by Gasteiger charge is 2.25. The average molecular weight is 255 g/mol. The van der Waals surface area contributed by atoms with Crippen LogP contribution in [0.3, 0.4) is 0 Å². The van der Waals surface area contributed by atoms with Crippen LogP contribution in [0.15, 0.2) is 36.7 Å². The fourth-order valence-corrected chi connectivity index (χ4v) is 2.54. The minimum Gasteiger partial charge on any atom is -0.375 e. The molecule has 1 aliphatic heterocycles. The fraction of sp³-hybridized carbons (Fsp3) is 0.333. The number of nitrogens with zero attached hydrogens (tertiary/aromatic N) is 2. The third kappa shape index (κ3) is 2.38. The number of rotatable bonds is 4. The average Bonchev–Trinajstić information content (AvgIpc) is 3.01. The molecule has 2 heterocycles. The molecule has 1 N–H and O–H groups in total. The van der Waals surface area contributed by atoms with Crippen molar-refractivity contribution in [3.8, 4) is 0 Å². The van der Waals surface area contributed by atoms with Crippen molar-refractivity contribution in [2.45, 2.75) is 25.3 Å². The summed E-state index contributed by atoms with van der Waals surface area (Å²) in [5.41, 5.74) is 2.33. The first-order valence-corrected chi connectivity index (χ1v) is 6.57. The van der Waals surface area contributed by atoms with Crippen LogP contribution in [0.4, 0.5) is 5.69 Å². The van der Waals surface area contributed by atoms with E-state index in [1.165, 1.54) is 5.56 Å². The Labute approximate surface area is 112 Å². The van der Waals surface area contributed by atoms with E-state index in [0.717, 1.165) is 17.9 Å². The number of para-hydroxylation sites is 1. The number of imidazole rings is 1. The van der Waals surface area contributed by atoms with Crippen molar-refractivity contribution in [2.24, 2.45) is 7.05 Å². The molecule has 0 saturated carbocycles. The lowest BCUT2D eigenvalue weighted by molar-refractivity contribution is -0.119. The van der Waals surface area contributed by atoms with E-state index in [-0.39, 0.29) is 11.8 Å². The number of carbonyl (C=O) groups is 1. The lowest BCUT2D eigenvalue weighted by Gasteiger charge is -2.09. The number of Topliss-reactive ketones (excluding diaryl/α,β-unsaturated/α-hetero) is 1. The van der Waals surface area contributed by atoms with Gasteiger partial charge in [0.2, 0.25) is 0 Å². The van der Waals surface area contributed by atoms with Gasteiger partial charge in [-0.25, -0.2) is 4.98 Å². The molecule has 0 saturated heterocycles. The number of hydrogen-bond donors (Lipinski definition) is 1. The predicted molar refractivity (Wildman–Crippen MR) is 74.1 cm³/mol. The highest BCUT2D eigenvalue weighted by atomic mass is 16.1. The van der Waals surface area contributed by atoms with Gasteiger partial charge in [-0.2, -0.15) is 0 Å². The number of ketones is 1. The minimum absolute atomic E-state index is 0.0716. The molecule has 1 unspecified atom stereocenters. The topological polar surface area (TPSA) is 46.9 Å². The summed E-state index contributed by atoms with van der Waals surface area (Å²) >= 11 is 0. The van der Waals surface area contributed by atoms with Gasteiger partial charge in [-0.1, -0.05) is 18.2 Å². The van der Waals surface area contributed by atoms with Gasteiger partial charge in [0.15, 0.2) is 5.78 Å². The van der Waals surface area contributed by atoms with Gasteiger partial charge in [0.1, 0.15) is 5.82 Å². The maximum absolute atomic E-state index is 12.2. The van der Waals surface area contributed by atoms with E-state index < -0.39 is 0 Å². The van der Waals surface area contributed by atoms with Crippen LogP contribution in [0.5, 0.6) is 0 Å². The summed E-state index contributed by atoms with van der Waals surface area (Å²) in [5, 5.41) is 3.30. The Kier molecular flexibility index (Phi) is 3.07. The molecule has 98 valence electrons. The fourth-order valence-electron chi connectivity index (χ4n) is 2.54. The summed E-state index contributed by atoms with van der Waals surface area (Å²) in [5.74, 6) is 1.23. The molecule has 0 bridgehead atoms. The SMILES string of the molecule is Cn1ccnc1CCC(=O)C1Cc2ccccc2N1. The van der Waals surface area contributed by atoms with E-state index in [2.05, 4.69) is 16.4 Å². The molecule has 0 aliphatic carbocycles. The summed E-state index contributed by atoms with van der Waals surface area (Å²) < 4.78 is 1.96. The molecule has 0 spiro atoms. The zero-order valence-electron chi connectivity index (χ0n) is 11.0. The molecular weight excluding hydrogens is 238 g/mol. The summed E-state index contributed by atoms with van der Waals surface area (Å²) in [6.45, 7) is 0. The number of anilines is 1. The predicted octanol–water partition coefficient (Wildman–Crippen LogP) is 1.96. The molecule has 1 aromatic heterocycles. The first-order chi connectivity index (χ1) is 9.24. The smallest absolute Gasteiger partial charge is 0.155 e. The van der Waals surface area contributed by atoms with Crippen LogP contribution in [-0.4, -0.2) is 21.4 Å². The van der Waals surface area contributed by atoms with E-state index in [4.69, 9.17) is 0 Å². The first-order valence-electron chi connectivity index (χ1n) is 6.57. The molecule has 0 radical (unpaired) electrons. The monoisotopic (exact) mass is 255 g/mol. The Hall–Kier alpha value is -2.10. The van der Waals surface area contributed by atoms with E-state index >= 15 is 0 Å². The molecule has 19 heavy (non-hydrogen) atoms. The van der Waals surface area contributed by atoms with Crippen LogP contribution in [0.2, 0.25) is 0 Å². The molecule has 0 amide bonds. The Morgan fingerprint density at radius 3 is 3.05 bits per heavy atom. The van der Waals surface area contributed by atoms with Crippen molar-refractivity contribution in [3.05, 3.63) is 48.0 Å². The van der Waals surface area contributed by atoms with Crippen molar-refractivity contribution in [1.29, 1.82) is 0 Å². The highest BCUT2D eigenvalue weighted by Crippen LogP contribution is 2.26. The van der Waals surface area contributed by atoms with Crippen molar-refractivity contribution >= 4 is 11.5 Å². The minimum atomic E-state index is -0.0716. The van der Waals surface area contributed by atoms with Crippen molar-refractivity contribution in [3.63, 3.8) is 0 Å². The number of fused-ring (bicyclic) bond motifs is 1. The summed E-state index contributed by atoms with van der Waals surface area (Å²) in [6.07, 6.45) is 5.72. The Morgan fingerprint density at radius 2 is 2.32 bits per heavy atom. The molecular formula is C15H17N3O. The van der Waals surface area contributed by atoms with Crippen molar-refractivity contribution in [1.82, 2.24) is 9.55 Å². The number of hydrogen-bond acceptors (Lipinski definition) is 3. The number of aryl methyl sites for hydroxylation is 2. The van der Waals surface area contributed by atoms with Crippen LogP contribution in [-0.2, 0) is 24.7 Å². The van der Waals surface area contributed by atoms with Gasteiger partial charge in [-0.3, -0.25) is 4.79 Å². The van der Waals surface area contributed by atoms with E-state index in [0.29, 0.717) is 12.8 Å². The van der Waals surface area contributed by atoms with Crippen LogP contribution < -0.4 is 5.32 Å². The summed E-state index contributed by atoms with van der Waals surface area (Å²) in [6, 6.07) is 8.04. The van der Waals surface area contributed by atoms with Crippen LogP contribution in [0.1, 0.15) is 17.8 Å². The molecule has 4 heteroatoms. The molecule has 3 rings (SSSR count). The van der Waals surface area contributed by atoms with Gasteiger partial charge >= 0.3 is 0 Å². The number of benzene rings is 1. The quantitative estimate of drug-likeness (QED) is 0.908. The second-order valence-corrected chi connectivity index (χ2v) is 4.98. The summed E-state index contributed by atoms with van der Waals surface area (Å²) in [7, 11) is 1.95. The lowest BCUT2D eigenvalue weighted by Crippen LogP contribution is -2.27. The second-order valence-electron chi connectivity index (χ2n) is 4.98. The zero-order valence-corrected chi connectivity index (χ0v) is 11.0. The molecule has 0 fully saturated rings. The van der Waals surface area contributed by atoms with Gasteiger partial charge < -0.3 is 9.88 Å². The first kappa shape index (κ1) is 12.0. The highest BCUT2D eigenvalue weighted by molar-refractivity contribution is 5.89. The van der Waals surface area contributed by atoms with Gasteiger partial charge in [0.05, 0.1) is 6.04 Å². The number of carbonyl (C=O) groups excluding carboxylic acids is 1. The normalized spacial score (nSPS) is 17.0. The standard InChI is InChI=1S/C15H17N3O/c1-18-9-8-16-15(18)7-6-14(19)13-10-11-4-2-3-5-12(11)17-13/h2-5,8-9,13,17H,6-7,10H2,1H3. The van der Waals surface area contributed by atoms with E-state index in [1.807, 2.05) is 36.0 Å². The maximum Gasteiger partial charge on any atom is 0.155 e. The largest absolute Gasteiger partial charge is 0.375 e. The third-order valence-corrected chi connectivity index (χ3v) is 3.68. The Morgan fingerprint density at radius 1 is 1.47 bits per heavy atom. The van der Waals surface area contributed by atoms with Crippen LogP contribution >= 0.6 is 0 Å². The van der Waals surface area contributed by atoms with Crippen LogP contribution in [0, 0.1) is 0 Å². The van der Waals surface area contributed by atoms with E-state index in [9.17, 15) is 4.79 Å². The van der Waals surface area contributed by atoms with Gasteiger partial charge in [-0.05, 0) is 11.6 Å². The maximum atomic E-state index is 12.2. The molecule has 2 aromatic rings. The molecule has 4 nitrogen and oxygen atoms in total. The molecule has 1 atom stereocenters. The summed E-state index contributed by atoms with van der Waals surface area (Å²) in [4.78, 5) is 16.5. The molecule has 1 aliphatic rings. The van der Waals surface area contributed by atoms with Crippen molar-refractivity contribution < 1.29 is 4.79 Å². The Bertz CT molecular complexity index is 578. The van der Waals surface area contributed by atoms with Gasteiger partial charge in [0.25, 0.3) is 0 Å². The Balaban J connectivity index is 1.60. The van der Waals surface area contributed by atoms with Gasteiger partial charge in [-0.15, -0.1) is 0 Å². The van der Waals surface area contributed by atoms with E-state index in [1.54, 1.807) is 6.20 Å². The molecule has 1 aromatic carbocycles. The third-order valence-electron chi connectivity index (χ3n) is 3.68. The zero-order chi connectivity index (χ0) is 13.2. The van der Waals surface area contributed by atoms with Gasteiger partial charge in [0, 0.05) is 44.4 Å². The second kappa shape index (κ2) is 4.88. The van der Waals surface area contributed by atoms with Crippen LogP contribution in [0.25, 0.3) is 0 Å². The lowest BCUT2D eigenvalue weighted by atomic mass is 10.0. The number of aromatic nitrogens is 2.